The fourth-order valence-corrected chi connectivity index (χ4v) is 1.80. The highest BCUT2D eigenvalue weighted by Gasteiger charge is 2.15. The molecule has 0 aliphatic heterocycles. The Morgan fingerprint density at radius 1 is 1.44 bits per heavy atom. The highest BCUT2D eigenvalue weighted by atomic mass is 35.5. The number of carboxylic acid groups (broad SMARTS) is 1. The van der Waals surface area contributed by atoms with E-state index in [1.165, 1.54) is 22.9 Å². The summed E-state index contributed by atoms with van der Waals surface area (Å²) < 4.78 is 1.46. The molecule has 2 N–H and O–H groups in total. The zero-order valence-corrected chi connectivity index (χ0v) is 9.46. The van der Waals surface area contributed by atoms with Crippen molar-refractivity contribution in [3.8, 4) is 11.5 Å². The van der Waals surface area contributed by atoms with Crippen LogP contribution in [-0.2, 0) is 0 Å². The number of aromatic amines is 1. The normalized spacial score (nSPS) is 10.9. The summed E-state index contributed by atoms with van der Waals surface area (Å²) in [6.45, 7) is 0. The van der Waals surface area contributed by atoms with E-state index < -0.39 is 5.97 Å². The molecule has 0 saturated heterocycles. The maximum atomic E-state index is 11.0. The second-order valence-electron chi connectivity index (χ2n) is 3.45. The van der Waals surface area contributed by atoms with Crippen LogP contribution in [0.25, 0.3) is 17.2 Å². The standard InChI is InChI=1S/C9H5ClN6O2/c10-5-1-4(9(17)18)3-16-7(5)13-14-8(16)6-2-11-15-12-6/h1-3H,(H,17,18)(H,11,12,15). The van der Waals surface area contributed by atoms with E-state index in [1.54, 1.807) is 0 Å². The lowest BCUT2D eigenvalue weighted by molar-refractivity contribution is 0.0696. The number of nitrogens with one attached hydrogen (secondary N) is 1. The lowest BCUT2D eigenvalue weighted by Gasteiger charge is -2.00. The molecule has 0 amide bonds. The van der Waals surface area contributed by atoms with Gasteiger partial charge in [-0.05, 0) is 6.07 Å². The lowest BCUT2D eigenvalue weighted by Crippen LogP contribution is -2.00. The fourth-order valence-electron chi connectivity index (χ4n) is 1.55. The fraction of sp³-hybridized carbons (Fsp3) is 0. The molecule has 0 spiro atoms. The molecule has 90 valence electrons. The molecule has 3 rings (SSSR count). The first-order chi connectivity index (χ1) is 8.66. The van der Waals surface area contributed by atoms with Crippen LogP contribution >= 0.6 is 11.6 Å². The first-order valence-corrected chi connectivity index (χ1v) is 5.18. The van der Waals surface area contributed by atoms with Crippen molar-refractivity contribution in [2.45, 2.75) is 0 Å². The number of nitrogens with zero attached hydrogens (tertiary/aromatic N) is 5. The van der Waals surface area contributed by atoms with Crippen LogP contribution in [0.1, 0.15) is 10.4 Å². The second-order valence-corrected chi connectivity index (χ2v) is 3.86. The Kier molecular flexibility index (Phi) is 2.23. The molecule has 0 bridgehead atoms. The summed E-state index contributed by atoms with van der Waals surface area (Å²) in [5.74, 6) is -0.720. The van der Waals surface area contributed by atoms with Gasteiger partial charge in [-0.3, -0.25) is 4.40 Å². The van der Waals surface area contributed by atoms with Gasteiger partial charge in [-0.15, -0.1) is 10.2 Å². The Bertz CT molecular complexity index is 735. The molecule has 3 aromatic rings. The van der Waals surface area contributed by atoms with Crippen molar-refractivity contribution in [1.82, 2.24) is 30.0 Å². The Balaban J connectivity index is 2.32. The van der Waals surface area contributed by atoms with E-state index in [9.17, 15) is 4.79 Å². The second kappa shape index (κ2) is 3.77. The molecule has 0 aliphatic carbocycles. The van der Waals surface area contributed by atoms with Crippen LogP contribution in [-0.4, -0.2) is 41.1 Å². The molecular weight excluding hydrogens is 260 g/mol. The zero-order valence-electron chi connectivity index (χ0n) is 8.70. The maximum Gasteiger partial charge on any atom is 0.337 e. The number of halogens is 1. The Morgan fingerprint density at radius 2 is 2.28 bits per heavy atom. The molecule has 8 nitrogen and oxygen atoms in total. The summed E-state index contributed by atoms with van der Waals surface area (Å²) in [5.41, 5.74) is 0.845. The molecule has 3 aromatic heterocycles. The van der Waals surface area contributed by atoms with Crippen molar-refractivity contribution < 1.29 is 9.90 Å². The van der Waals surface area contributed by atoms with Gasteiger partial charge >= 0.3 is 5.97 Å². The van der Waals surface area contributed by atoms with Crippen LogP contribution in [0, 0.1) is 0 Å². The van der Waals surface area contributed by atoms with E-state index in [2.05, 4.69) is 25.6 Å². The molecule has 18 heavy (non-hydrogen) atoms. The van der Waals surface area contributed by atoms with Gasteiger partial charge < -0.3 is 5.11 Å². The van der Waals surface area contributed by atoms with Crippen LogP contribution in [0.3, 0.4) is 0 Å². The smallest absolute Gasteiger partial charge is 0.337 e. The maximum absolute atomic E-state index is 11.0. The van der Waals surface area contributed by atoms with Gasteiger partial charge in [0.25, 0.3) is 0 Å². The van der Waals surface area contributed by atoms with E-state index in [-0.39, 0.29) is 10.6 Å². The van der Waals surface area contributed by atoms with Crippen molar-refractivity contribution >= 4 is 23.2 Å². The van der Waals surface area contributed by atoms with Gasteiger partial charge in [0.1, 0.15) is 0 Å². The van der Waals surface area contributed by atoms with E-state index in [0.717, 1.165) is 0 Å². The lowest BCUT2D eigenvalue weighted by atomic mass is 10.3. The largest absolute Gasteiger partial charge is 0.478 e. The van der Waals surface area contributed by atoms with Crippen molar-refractivity contribution in [2.75, 3.05) is 0 Å². The Labute approximate surface area is 104 Å². The van der Waals surface area contributed by atoms with Gasteiger partial charge in [-0.2, -0.15) is 15.4 Å². The third-order valence-corrected chi connectivity index (χ3v) is 2.63. The van der Waals surface area contributed by atoms with Crippen molar-refractivity contribution in [3.05, 3.63) is 29.0 Å². The summed E-state index contributed by atoms with van der Waals surface area (Å²) in [4.78, 5) is 11.0. The number of pyridine rings is 1. The third-order valence-electron chi connectivity index (χ3n) is 2.35. The molecule has 9 heteroatoms. The number of carbonyl (C=O) groups is 1. The van der Waals surface area contributed by atoms with Gasteiger partial charge in [-0.25, -0.2) is 4.79 Å². The summed E-state index contributed by atoms with van der Waals surface area (Å²) in [7, 11) is 0. The van der Waals surface area contributed by atoms with Gasteiger partial charge in [-0.1, -0.05) is 11.6 Å². The highest BCUT2D eigenvalue weighted by molar-refractivity contribution is 6.33. The summed E-state index contributed by atoms with van der Waals surface area (Å²) in [6, 6.07) is 1.32. The summed E-state index contributed by atoms with van der Waals surface area (Å²) >= 11 is 5.95. The van der Waals surface area contributed by atoms with Gasteiger partial charge in [0.05, 0.1) is 16.8 Å². The van der Waals surface area contributed by atoms with Gasteiger partial charge in [0.2, 0.25) is 0 Å². The monoisotopic (exact) mass is 264 g/mol. The van der Waals surface area contributed by atoms with Crippen molar-refractivity contribution in [2.24, 2.45) is 0 Å². The highest BCUT2D eigenvalue weighted by Crippen LogP contribution is 2.22. The van der Waals surface area contributed by atoms with E-state index in [0.29, 0.717) is 17.2 Å². The Morgan fingerprint density at radius 3 is 2.94 bits per heavy atom. The molecule has 0 aromatic carbocycles. The minimum Gasteiger partial charge on any atom is -0.478 e. The van der Waals surface area contributed by atoms with Crippen LogP contribution < -0.4 is 0 Å². The molecule has 0 aliphatic rings. The topological polar surface area (TPSA) is 109 Å². The van der Waals surface area contributed by atoms with E-state index >= 15 is 0 Å². The number of fused-ring (bicyclic) bond motifs is 1. The number of carboxylic acids is 1. The van der Waals surface area contributed by atoms with Crippen LogP contribution in [0.2, 0.25) is 5.02 Å². The summed E-state index contributed by atoms with van der Waals surface area (Å²) in [6.07, 6.45) is 2.84. The number of rotatable bonds is 2. The van der Waals surface area contributed by atoms with Crippen LogP contribution in [0.5, 0.6) is 0 Å². The van der Waals surface area contributed by atoms with Crippen molar-refractivity contribution in [3.63, 3.8) is 0 Å². The number of hydrogen-bond acceptors (Lipinski definition) is 5. The molecule has 0 unspecified atom stereocenters. The number of hydrogen-bond donors (Lipinski definition) is 2. The molecule has 0 atom stereocenters. The molecule has 0 saturated carbocycles. The SMILES string of the molecule is O=C(O)c1cc(Cl)c2nnc(-c3cn[nH]n3)n2c1. The molecular formula is C9H5ClN6O2. The van der Waals surface area contributed by atoms with Crippen LogP contribution in [0.4, 0.5) is 0 Å². The molecule has 0 fully saturated rings. The Hall–Kier alpha value is -2.48. The molecule has 0 radical (unpaired) electrons. The van der Waals surface area contributed by atoms with E-state index in [1.807, 2.05) is 0 Å². The van der Waals surface area contributed by atoms with E-state index in [4.69, 9.17) is 16.7 Å². The average Bonchev–Trinajstić information content (AvgIpc) is 2.96. The average molecular weight is 265 g/mol. The third kappa shape index (κ3) is 1.51. The number of aromatic carboxylic acids is 1. The molecule has 3 heterocycles. The number of aromatic nitrogens is 6. The zero-order chi connectivity index (χ0) is 12.7. The summed E-state index contributed by atoms with van der Waals surface area (Å²) in [5, 5.41) is 26.9. The van der Waals surface area contributed by atoms with Gasteiger partial charge in [0, 0.05) is 6.20 Å². The first kappa shape index (κ1) is 10.7. The predicted octanol–water partition coefficient (Wildman–Crippen LogP) is 0.866. The van der Waals surface area contributed by atoms with Gasteiger partial charge in [0.15, 0.2) is 17.2 Å². The minimum atomic E-state index is -1.08. The quantitative estimate of drug-likeness (QED) is 0.711. The predicted molar refractivity (Wildman–Crippen MR) is 60.3 cm³/mol. The number of H-pyrrole nitrogens is 1. The van der Waals surface area contributed by atoms with Crippen molar-refractivity contribution in [1.29, 1.82) is 0 Å². The minimum absolute atomic E-state index is 0.0389. The van der Waals surface area contributed by atoms with Crippen LogP contribution in [0.15, 0.2) is 18.5 Å². The first-order valence-electron chi connectivity index (χ1n) is 4.80.